The summed E-state index contributed by atoms with van der Waals surface area (Å²) in [5.74, 6) is 0.714. The lowest BCUT2D eigenvalue weighted by Crippen LogP contribution is -2.36. The summed E-state index contributed by atoms with van der Waals surface area (Å²) in [5.41, 5.74) is 2.77. The third kappa shape index (κ3) is 3.76. The fourth-order valence-corrected chi connectivity index (χ4v) is 3.20. The Morgan fingerprint density at radius 1 is 1.10 bits per heavy atom. The van der Waals surface area contributed by atoms with Crippen molar-refractivity contribution in [2.45, 2.75) is 58.5 Å². The molecule has 2 nitrogen and oxygen atoms in total. The van der Waals surface area contributed by atoms with E-state index in [1.807, 2.05) is 7.05 Å². The Labute approximate surface area is 124 Å². The molecule has 1 aromatic carbocycles. The van der Waals surface area contributed by atoms with Crippen molar-refractivity contribution in [3.8, 4) is 0 Å². The van der Waals surface area contributed by atoms with Crippen molar-refractivity contribution in [3.63, 3.8) is 0 Å². The van der Waals surface area contributed by atoms with Gasteiger partial charge in [-0.2, -0.15) is 0 Å². The molecule has 20 heavy (non-hydrogen) atoms. The van der Waals surface area contributed by atoms with E-state index in [0.717, 1.165) is 6.04 Å². The maximum atomic E-state index is 3.30. The molecular formula is C18H30N2. The van der Waals surface area contributed by atoms with Crippen molar-refractivity contribution < 1.29 is 0 Å². The molecule has 0 saturated heterocycles. The van der Waals surface area contributed by atoms with Crippen molar-refractivity contribution in [1.82, 2.24) is 5.32 Å². The molecule has 1 aliphatic carbocycles. The van der Waals surface area contributed by atoms with Crippen LogP contribution < -0.4 is 10.2 Å². The Morgan fingerprint density at radius 2 is 1.70 bits per heavy atom. The molecule has 1 unspecified atom stereocenters. The van der Waals surface area contributed by atoms with Gasteiger partial charge in [-0.1, -0.05) is 38.8 Å². The summed E-state index contributed by atoms with van der Waals surface area (Å²) >= 11 is 0. The average molecular weight is 274 g/mol. The summed E-state index contributed by atoms with van der Waals surface area (Å²) < 4.78 is 0. The van der Waals surface area contributed by atoms with Crippen LogP contribution in [0.3, 0.4) is 0 Å². The lowest BCUT2D eigenvalue weighted by molar-refractivity contribution is 0.535. The first-order chi connectivity index (χ1) is 9.61. The lowest BCUT2D eigenvalue weighted by atomic mass is 10.1. The van der Waals surface area contributed by atoms with Crippen molar-refractivity contribution in [1.29, 1.82) is 0 Å². The molecule has 1 saturated carbocycles. The standard InChI is InChI=1S/C18H30N2/c1-14(2)13-20(17-7-5-6-8-17)18-11-9-16(10-12-18)15(3)19-4/h9-12,14-15,17,19H,5-8,13H2,1-4H3. The van der Waals surface area contributed by atoms with E-state index in [4.69, 9.17) is 0 Å². The summed E-state index contributed by atoms with van der Waals surface area (Å²) in [6, 6.07) is 10.4. The van der Waals surface area contributed by atoms with E-state index < -0.39 is 0 Å². The molecule has 0 aliphatic heterocycles. The molecule has 0 radical (unpaired) electrons. The molecule has 0 amide bonds. The van der Waals surface area contributed by atoms with Gasteiger partial charge >= 0.3 is 0 Å². The third-order valence-corrected chi connectivity index (χ3v) is 4.49. The van der Waals surface area contributed by atoms with Crippen LogP contribution >= 0.6 is 0 Å². The Balaban J connectivity index is 2.15. The van der Waals surface area contributed by atoms with Gasteiger partial charge in [0.1, 0.15) is 0 Å². The molecule has 0 aromatic heterocycles. The van der Waals surface area contributed by atoms with Crippen LogP contribution in [0.25, 0.3) is 0 Å². The van der Waals surface area contributed by atoms with Crippen molar-refractivity contribution >= 4 is 5.69 Å². The Bertz CT molecular complexity index is 390. The fraction of sp³-hybridized carbons (Fsp3) is 0.667. The molecule has 1 atom stereocenters. The second-order valence-electron chi connectivity index (χ2n) is 6.59. The number of anilines is 1. The molecule has 0 heterocycles. The van der Waals surface area contributed by atoms with Gasteiger partial charge in [0.2, 0.25) is 0 Å². The van der Waals surface area contributed by atoms with Gasteiger partial charge < -0.3 is 10.2 Å². The smallest absolute Gasteiger partial charge is 0.0369 e. The Hall–Kier alpha value is -1.02. The summed E-state index contributed by atoms with van der Waals surface area (Å²) in [5, 5.41) is 3.30. The second-order valence-corrected chi connectivity index (χ2v) is 6.59. The zero-order chi connectivity index (χ0) is 14.5. The summed E-state index contributed by atoms with van der Waals surface area (Å²) in [6.45, 7) is 8.02. The molecule has 1 fully saturated rings. The highest BCUT2D eigenvalue weighted by Crippen LogP contribution is 2.29. The maximum Gasteiger partial charge on any atom is 0.0369 e. The number of nitrogens with zero attached hydrogens (tertiary/aromatic N) is 1. The van der Waals surface area contributed by atoms with Gasteiger partial charge in [-0.3, -0.25) is 0 Å². The normalized spacial score (nSPS) is 17.6. The third-order valence-electron chi connectivity index (χ3n) is 4.49. The van der Waals surface area contributed by atoms with Gasteiger partial charge in [0.15, 0.2) is 0 Å². The molecule has 0 spiro atoms. The number of rotatable bonds is 6. The largest absolute Gasteiger partial charge is 0.368 e. The molecule has 1 aliphatic rings. The van der Waals surface area contributed by atoms with Crippen LogP contribution in [0, 0.1) is 5.92 Å². The van der Waals surface area contributed by atoms with Crippen molar-refractivity contribution in [2.75, 3.05) is 18.5 Å². The average Bonchev–Trinajstić information content (AvgIpc) is 2.98. The molecule has 1 N–H and O–H groups in total. The SMILES string of the molecule is CNC(C)c1ccc(N(CC(C)C)C2CCCC2)cc1. The highest BCUT2D eigenvalue weighted by atomic mass is 15.2. The van der Waals surface area contributed by atoms with Gasteiger partial charge in [-0.15, -0.1) is 0 Å². The number of hydrogen-bond acceptors (Lipinski definition) is 2. The van der Waals surface area contributed by atoms with Crippen LogP contribution in [-0.2, 0) is 0 Å². The van der Waals surface area contributed by atoms with Gasteiger partial charge in [-0.25, -0.2) is 0 Å². The van der Waals surface area contributed by atoms with E-state index in [1.165, 1.54) is 43.5 Å². The topological polar surface area (TPSA) is 15.3 Å². The number of benzene rings is 1. The minimum atomic E-state index is 0.425. The van der Waals surface area contributed by atoms with E-state index >= 15 is 0 Å². The molecule has 112 valence electrons. The second kappa shape index (κ2) is 7.12. The van der Waals surface area contributed by atoms with Crippen LogP contribution in [-0.4, -0.2) is 19.6 Å². The summed E-state index contributed by atoms with van der Waals surface area (Å²) in [6.07, 6.45) is 5.52. The first-order valence-electron chi connectivity index (χ1n) is 8.15. The zero-order valence-electron chi connectivity index (χ0n) is 13.5. The van der Waals surface area contributed by atoms with Gasteiger partial charge in [-0.05, 0) is 50.4 Å². The minimum Gasteiger partial charge on any atom is -0.368 e. The van der Waals surface area contributed by atoms with Crippen LogP contribution in [0.15, 0.2) is 24.3 Å². The van der Waals surface area contributed by atoms with Crippen LogP contribution in [0.5, 0.6) is 0 Å². The highest BCUT2D eigenvalue weighted by molar-refractivity contribution is 5.49. The van der Waals surface area contributed by atoms with Crippen LogP contribution in [0.4, 0.5) is 5.69 Å². The summed E-state index contributed by atoms with van der Waals surface area (Å²) in [4.78, 5) is 2.64. The molecule has 2 heteroatoms. The minimum absolute atomic E-state index is 0.425. The molecule has 2 rings (SSSR count). The number of hydrogen-bond donors (Lipinski definition) is 1. The lowest BCUT2D eigenvalue weighted by Gasteiger charge is -2.33. The molecule has 0 bridgehead atoms. The van der Waals surface area contributed by atoms with E-state index in [0.29, 0.717) is 12.0 Å². The predicted molar refractivity (Wildman–Crippen MR) is 88.4 cm³/mol. The molecule has 1 aromatic rings. The van der Waals surface area contributed by atoms with E-state index in [1.54, 1.807) is 0 Å². The first-order valence-corrected chi connectivity index (χ1v) is 8.15. The predicted octanol–water partition coefficient (Wildman–Crippen LogP) is 4.37. The van der Waals surface area contributed by atoms with Crippen molar-refractivity contribution in [2.24, 2.45) is 5.92 Å². The van der Waals surface area contributed by atoms with Gasteiger partial charge in [0, 0.05) is 24.3 Å². The fourth-order valence-electron chi connectivity index (χ4n) is 3.20. The maximum absolute atomic E-state index is 3.30. The van der Waals surface area contributed by atoms with Crippen molar-refractivity contribution in [3.05, 3.63) is 29.8 Å². The zero-order valence-corrected chi connectivity index (χ0v) is 13.5. The van der Waals surface area contributed by atoms with E-state index in [-0.39, 0.29) is 0 Å². The van der Waals surface area contributed by atoms with Crippen LogP contribution in [0.2, 0.25) is 0 Å². The summed E-state index contributed by atoms with van der Waals surface area (Å²) in [7, 11) is 2.02. The Morgan fingerprint density at radius 3 is 2.20 bits per heavy atom. The first kappa shape index (κ1) is 15.4. The van der Waals surface area contributed by atoms with Crippen LogP contribution in [0.1, 0.15) is 58.1 Å². The van der Waals surface area contributed by atoms with Gasteiger partial charge in [0.25, 0.3) is 0 Å². The van der Waals surface area contributed by atoms with Gasteiger partial charge in [0.05, 0.1) is 0 Å². The Kier molecular flexibility index (Phi) is 5.47. The highest BCUT2D eigenvalue weighted by Gasteiger charge is 2.23. The van der Waals surface area contributed by atoms with E-state index in [9.17, 15) is 0 Å². The monoisotopic (exact) mass is 274 g/mol. The quantitative estimate of drug-likeness (QED) is 0.828. The molecular weight excluding hydrogens is 244 g/mol. The van der Waals surface area contributed by atoms with E-state index in [2.05, 4.69) is 55.3 Å². The number of nitrogens with one attached hydrogen (secondary N) is 1.